The van der Waals surface area contributed by atoms with E-state index in [1.807, 2.05) is 11.3 Å². The molecule has 0 aromatic carbocycles. The molecule has 1 aliphatic heterocycles. The minimum atomic E-state index is 0.747. The van der Waals surface area contributed by atoms with E-state index in [0.717, 1.165) is 24.9 Å². The highest BCUT2D eigenvalue weighted by Gasteiger charge is 2.23. The number of thiophene rings is 1. The Morgan fingerprint density at radius 1 is 1.57 bits per heavy atom. The number of hydrogen-bond acceptors (Lipinski definition) is 2. The normalized spacial score (nSPS) is 22.1. The molecule has 2 rings (SSSR count). The largest absolute Gasteiger partial charge is 0.313 e. The summed E-state index contributed by atoms with van der Waals surface area (Å²) in [6, 6.07) is 2.27. The van der Waals surface area contributed by atoms with E-state index in [2.05, 4.69) is 41.2 Å². The molecule has 0 amide bonds. The molecule has 1 aromatic rings. The predicted octanol–water partition coefficient (Wildman–Crippen LogP) is 3.74. The van der Waals surface area contributed by atoms with Crippen LogP contribution in [0.15, 0.2) is 9.85 Å². The summed E-state index contributed by atoms with van der Waals surface area (Å²) in [5.74, 6) is 1.50. The summed E-state index contributed by atoms with van der Waals surface area (Å²) in [5.41, 5.74) is 1.50. The van der Waals surface area contributed by atoms with Crippen molar-refractivity contribution in [1.29, 1.82) is 0 Å². The number of nitrogens with one attached hydrogen (secondary N) is 1. The number of fused-ring (bicyclic) bond motifs is 1. The van der Waals surface area contributed by atoms with Crippen molar-refractivity contribution in [3.63, 3.8) is 0 Å². The highest BCUT2D eigenvalue weighted by atomic mass is 79.9. The standard InChI is InChI=1S/C11H16BrNS/c1-7(2)9-3-4-13-6-8-5-10(12)14-11(8)9/h5,7,9,13H,3-4,6H2,1-2H3. The monoisotopic (exact) mass is 273 g/mol. The lowest BCUT2D eigenvalue weighted by Crippen LogP contribution is -2.13. The Balaban J connectivity index is 2.36. The minimum absolute atomic E-state index is 0.747. The topological polar surface area (TPSA) is 12.0 Å². The van der Waals surface area contributed by atoms with Crippen LogP contribution in [-0.2, 0) is 6.54 Å². The Morgan fingerprint density at radius 2 is 2.36 bits per heavy atom. The van der Waals surface area contributed by atoms with E-state index in [9.17, 15) is 0 Å². The SMILES string of the molecule is CC(C)C1CCNCc2cc(Br)sc21. The predicted molar refractivity (Wildman–Crippen MR) is 65.9 cm³/mol. The molecular formula is C11H16BrNS. The lowest BCUT2D eigenvalue weighted by atomic mass is 9.90. The van der Waals surface area contributed by atoms with Crippen LogP contribution in [0.1, 0.15) is 36.6 Å². The lowest BCUT2D eigenvalue weighted by molar-refractivity contribution is 0.472. The van der Waals surface area contributed by atoms with Crippen molar-refractivity contribution in [2.45, 2.75) is 32.7 Å². The summed E-state index contributed by atoms with van der Waals surface area (Å²) in [6.07, 6.45) is 1.28. The molecule has 14 heavy (non-hydrogen) atoms. The van der Waals surface area contributed by atoms with Crippen molar-refractivity contribution in [2.75, 3.05) is 6.54 Å². The second-order valence-electron chi connectivity index (χ2n) is 4.26. The van der Waals surface area contributed by atoms with Crippen molar-refractivity contribution in [2.24, 2.45) is 5.92 Å². The van der Waals surface area contributed by atoms with Gasteiger partial charge in [0.15, 0.2) is 0 Å². The van der Waals surface area contributed by atoms with Crippen molar-refractivity contribution >= 4 is 27.3 Å². The van der Waals surface area contributed by atoms with Gasteiger partial charge in [0, 0.05) is 11.4 Å². The second-order valence-corrected chi connectivity index (χ2v) is 6.72. The molecule has 0 fully saturated rings. The molecule has 2 heterocycles. The first-order valence-electron chi connectivity index (χ1n) is 5.17. The van der Waals surface area contributed by atoms with Crippen LogP contribution in [0.2, 0.25) is 0 Å². The molecule has 1 N–H and O–H groups in total. The minimum Gasteiger partial charge on any atom is -0.313 e. The van der Waals surface area contributed by atoms with Crippen LogP contribution < -0.4 is 5.32 Å². The number of hydrogen-bond donors (Lipinski definition) is 1. The molecule has 78 valence electrons. The highest BCUT2D eigenvalue weighted by Crippen LogP contribution is 2.39. The molecule has 0 spiro atoms. The van der Waals surface area contributed by atoms with E-state index in [0.29, 0.717) is 0 Å². The Morgan fingerprint density at radius 3 is 3.07 bits per heavy atom. The van der Waals surface area contributed by atoms with E-state index < -0.39 is 0 Å². The Labute approximate surface area is 98.0 Å². The zero-order valence-corrected chi connectivity index (χ0v) is 11.0. The quantitative estimate of drug-likeness (QED) is 0.822. The zero-order chi connectivity index (χ0) is 10.1. The van der Waals surface area contributed by atoms with Gasteiger partial charge >= 0.3 is 0 Å². The summed E-state index contributed by atoms with van der Waals surface area (Å²) in [7, 11) is 0. The van der Waals surface area contributed by atoms with Crippen LogP contribution in [0.25, 0.3) is 0 Å². The van der Waals surface area contributed by atoms with E-state index in [-0.39, 0.29) is 0 Å². The molecule has 1 aromatic heterocycles. The summed E-state index contributed by atoms with van der Waals surface area (Å²) in [5, 5.41) is 3.49. The van der Waals surface area contributed by atoms with Crippen molar-refractivity contribution in [3.8, 4) is 0 Å². The fourth-order valence-corrected chi connectivity index (χ4v) is 4.12. The van der Waals surface area contributed by atoms with Crippen LogP contribution in [-0.4, -0.2) is 6.54 Å². The molecule has 1 unspecified atom stereocenters. The third kappa shape index (κ3) is 2.05. The van der Waals surface area contributed by atoms with Gasteiger partial charge in [0.25, 0.3) is 0 Å². The Bertz CT molecular complexity index is 319. The zero-order valence-electron chi connectivity index (χ0n) is 8.64. The Hall–Kier alpha value is 0.140. The first kappa shape index (κ1) is 10.7. The van der Waals surface area contributed by atoms with Gasteiger partial charge in [-0.1, -0.05) is 13.8 Å². The number of halogens is 1. The van der Waals surface area contributed by atoms with Crippen molar-refractivity contribution < 1.29 is 0 Å². The van der Waals surface area contributed by atoms with Crippen LogP contribution in [0, 0.1) is 5.92 Å². The van der Waals surface area contributed by atoms with Crippen LogP contribution >= 0.6 is 27.3 Å². The van der Waals surface area contributed by atoms with Crippen LogP contribution in [0.3, 0.4) is 0 Å². The molecule has 0 saturated heterocycles. The van der Waals surface area contributed by atoms with Gasteiger partial charge in [0.05, 0.1) is 3.79 Å². The highest BCUT2D eigenvalue weighted by molar-refractivity contribution is 9.11. The average molecular weight is 274 g/mol. The summed E-state index contributed by atoms with van der Waals surface area (Å²) >= 11 is 5.50. The maximum atomic E-state index is 3.59. The van der Waals surface area contributed by atoms with Crippen molar-refractivity contribution in [1.82, 2.24) is 5.32 Å². The van der Waals surface area contributed by atoms with E-state index in [1.165, 1.54) is 15.8 Å². The molecule has 1 aliphatic rings. The van der Waals surface area contributed by atoms with Gasteiger partial charge in [-0.05, 0) is 52.4 Å². The summed E-state index contributed by atoms with van der Waals surface area (Å²) in [6.45, 7) is 6.85. The van der Waals surface area contributed by atoms with E-state index in [4.69, 9.17) is 0 Å². The van der Waals surface area contributed by atoms with Gasteiger partial charge in [-0.15, -0.1) is 11.3 Å². The molecule has 1 atom stereocenters. The number of rotatable bonds is 1. The second kappa shape index (κ2) is 4.33. The van der Waals surface area contributed by atoms with Gasteiger partial charge in [-0.2, -0.15) is 0 Å². The third-order valence-corrected chi connectivity index (χ3v) is 4.71. The average Bonchev–Trinajstić information content (AvgIpc) is 2.35. The van der Waals surface area contributed by atoms with Gasteiger partial charge in [-0.25, -0.2) is 0 Å². The van der Waals surface area contributed by atoms with Crippen LogP contribution in [0.5, 0.6) is 0 Å². The van der Waals surface area contributed by atoms with Gasteiger partial charge in [-0.3, -0.25) is 0 Å². The van der Waals surface area contributed by atoms with Crippen LogP contribution in [0.4, 0.5) is 0 Å². The molecule has 0 bridgehead atoms. The van der Waals surface area contributed by atoms with Crippen molar-refractivity contribution in [3.05, 3.63) is 20.3 Å². The molecule has 0 saturated carbocycles. The molecule has 3 heteroatoms. The van der Waals surface area contributed by atoms with Gasteiger partial charge in [0.1, 0.15) is 0 Å². The maximum absolute atomic E-state index is 3.59. The molecule has 0 aliphatic carbocycles. The lowest BCUT2D eigenvalue weighted by Gasteiger charge is -2.18. The maximum Gasteiger partial charge on any atom is 0.0704 e. The van der Waals surface area contributed by atoms with E-state index >= 15 is 0 Å². The molecule has 0 radical (unpaired) electrons. The van der Waals surface area contributed by atoms with E-state index in [1.54, 1.807) is 4.88 Å². The van der Waals surface area contributed by atoms with Gasteiger partial charge in [0.2, 0.25) is 0 Å². The molecule has 1 nitrogen and oxygen atoms in total. The first-order valence-corrected chi connectivity index (χ1v) is 6.78. The smallest absolute Gasteiger partial charge is 0.0704 e. The Kier molecular flexibility index (Phi) is 3.30. The third-order valence-electron chi connectivity index (χ3n) is 2.90. The fraction of sp³-hybridized carbons (Fsp3) is 0.636. The summed E-state index contributed by atoms with van der Waals surface area (Å²) < 4.78 is 1.27. The molecular weight excluding hydrogens is 258 g/mol. The first-order chi connectivity index (χ1) is 6.68. The fourth-order valence-electron chi connectivity index (χ4n) is 2.11. The summed E-state index contributed by atoms with van der Waals surface area (Å²) in [4.78, 5) is 1.59. The van der Waals surface area contributed by atoms with Gasteiger partial charge < -0.3 is 5.32 Å².